The quantitative estimate of drug-likeness (QED) is 0.761. The van der Waals surface area contributed by atoms with E-state index in [9.17, 15) is 4.79 Å². The fraction of sp³-hybridized carbons (Fsp3) is 0.462. The third-order valence-corrected chi connectivity index (χ3v) is 3.42. The third kappa shape index (κ3) is 5.24. The van der Waals surface area contributed by atoms with E-state index in [0.717, 1.165) is 4.90 Å². The molecule has 1 rings (SSSR count). The molecule has 1 unspecified atom stereocenters. The number of benzene rings is 1. The largest absolute Gasteiger partial charge is 0.368 e. The van der Waals surface area contributed by atoms with Crippen LogP contribution in [0.1, 0.15) is 19.4 Å². The minimum atomic E-state index is -0.293. The van der Waals surface area contributed by atoms with Crippen molar-refractivity contribution in [2.24, 2.45) is 5.73 Å². The fourth-order valence-corrected chi connectivity index (χ4v) is 2.38. The van der Waals surface area contributed by atoms with Crippen molar-refractivity contribution in [3.8, 4) is 0 Å². The zero-order chi connectivity index (χ0) is 12.8. The number of rotatable bonds is 6. The lowest BCUT2D eigenvalue weighted by Gasteiger charge is -2.17. The number of aryl methyl sites for hydroxylation is 1. The van der Waals surface area contributed by atoms with Crippen LogP contribution in [0.4, 0.5) is 0 Å². The second-order valence-electron chi connectivity index (χ2n) is 4.40. The van der Waals surface area contributed by atoms with Crippen molar-refractivity contribution < 1.29 is 4.79 Å². The van der Waals surface area contributed by atoms with Gasteiger partial charge in [0.05, 0.1) is 6.04 Å². The normalized spacial score (nSPS) is 12.7. The van der Waals surface area contributed by atoms with Gasteiger partial charge in [-0.2, -0.15) is 0 Å². The number of hydrogen-bond donors (Lipinski definition) is 2. The minimum Gasteiger partial charge on any atom is -0.368 e. The highest BCUT2D eigenvalue weighted by atomic mass is 32.2. The van der Waals surface area contributed by atoms with Gasteiger partial charge in [0, 0.05) is 16.7 Å². The van der Waals surface area contributed by atoms with Crippen LogP contribution in [0, 0.1) is 6.92 Å². The number of carbonyl (C=O) groups excluding carboxylic acids is 1. The maximum absolute atomic E-state index is 11.3. The molecule has 0 saturated carbocycles. The van der Waals surface area contributed by atoms with Crippen LogP contribution >= 0.6 is 11.8 Å². The molecule has 0 fully saturated rings. The molecule has 0 bridgehead atoms. The molecular formula is C13H20N2OS. The molecule has 0 aliphatic rings. The Kier molecular flexibility index (Phi) is 5.51. The van der Waals surface area contributed by atoms with Crippen molar-refractivity contribution in [1.82, 2.24) is 5.32 Å². The monoisotopic (exact) mass is 252 g/mol. The number of nitrogens with two attached hydrogens (primary N) is 1. The second-order valence-corrected chi connectivity index (χ2v) is 5.49. The molecule has 1 amide bonds. The summed E-state index contributed by atoms with van der Waals surface area (Å²) in [7, 11) is 0. The van der Waals surface area contributed by atoms with Crippen molar-refractivity contribution >= 4 is 17.7 Å². The maximum atomic E-state index is 11.3. The van der Waals surface area contributed by atoms with E-state index in [1.165, 1.54) is 5.56 Å². The average molecular weight is 252 g/mol. The standard InChI is InChI=1S/C13H20N2OS/c1-9(2)15-12(13(14)16)8-17-11-6-4-10(3)5-7-11/h4-7,9,12,15H,8H2,1-3H3,(H2,14,16). The van der Waals surface area contributed by atoms with Crippen LogP contribution in [0.15, 0.2) is 29.2 Å². The lowest BCUT2D eigenvalue weighted by Crippen LogP contribution is -2.46. The summed E-state index contributed by atoms with van der Waals surface area (Å²) in [6, 6.07) is 8.24. The minimum absolute atomic E-state index is 0.256. The lowest BCUT2D eigenvalue weighted by molar-refractivity contribution is -0.119. The van der Waals surface area contributed by atoms with Gasteiger partial charge in [0.15, 0.2) is 0 Å². The third-order valence-electron chi connectivity index (χ3n) is 2.32. The molecule has 3 N–H and O–H groups in total. The van der Waals surface area contributed by atoms with Gasteiger partial charge in [0.1, 0.15) is 0 Å². The van der Waals surface area contributed by atoms with Crippen LogP contribution in [0.3, 0.4) is 0 Å². The van der Waals surface area contributed by atoms with Gasteiger partial charge in [-0.05, 0) is 19.1 Å². The van der Waals surface area contributed by atoms with Gasteiger partial charge >= 0.3 is 0 Å². The first-order valence-corrected chi connectivity index (χ1v) is 6.72. The van der Waals surface area contributed by atoms with Crippen molar-refractivity contribution in [3.63, 3.8) is 0 Å². The summed E-state index contributed by atoms with van der Waals surface area (Å²) in [4.78, 5) is 12.4. The highest BCUT2D eigenvalue weighted by Crippen LogP contribution is 2.19. The molecule has 17 heavy (non-hydrogen) atoms. The summed E-state index contributed by atoms with van der Waals surface area (Å²) in [5, 5.41) is 3.17. The van der Waals surface area contributed by atoms with Gasteiger partial charge in [-0.25, -0.2) is 0 Å². The molecule has 0 radical (unpaired) electrons. The summed E-state index contributed by atoms with van der Waals surface area (Å²) >= 11 is 1.64. The number of carbonyl (C=O) groups is 1. The van der Waals surface area contributed by atoms with E-state index < -0.39 is 0 Å². The summed E-state index contributed by atoms with van der Waals surface area (Å²) in [6.07, 6.45) is 0. The molecule has 0 saturated heterocycles. The van der Waals surface area contributed by atoms with Crippen LogP contribution in [-0.2, 0) is 4.79 Å². The molecule has 0 aromatic heterocycles. The molecule has 94 valence electrons. The van der Waals surface area contributed by atoms with E-state index in [1.54, 1.807) is 11.8 Å². The van der Waals surface area contributed by atoms with Crippen molar-refractivity contribution in [2.45, 2.75) is 37.8 Å². The number of thioether (sulfide) groups is 1. The Labute approximate surface area is 107 Å². The molecular weight excluding hydrogens is 232 g/mol. The van der Waals surface area contributed by atoms with Crippen molar-refractivity contribution in [2.75, 3.05) is 5.75 Å². The zero-order valence-electron chi connectivity index (χ0n) is 10.6. The molecule has 4 heteroatoms. The average Bonchev–Trinajstić information content (AvgIpc) is 2.25. The zero-order valence-corrected chi connectivity index (χ0v) is 11.4. The Morgan fingerprint density at radius 3 is 2.41 bits per heavy atom. The van der Waals surface area contributed by atoms with E-state index in [0.29, 0.717) is 5.75 Å². The molecule has 1 aromatic carbocycles. The molecule has 1 aromatic rings. The summed E-state index contributed by atoms with van der Waals surface area (Å²) in [6.45, 7) is 6.07. The Hall–Kier alpha value is -1.00. The van der Waals surface area contributed by atoms with Crippen LogP contribution in [0.5, 0.6) is 0 Å². The first-order chi connectivity index (χ1) is 7.99. The molecule has 3 nitrogen and oxygen atoms in total. The maximum Gasteiger partial charge on any atom is 0.235 e. The Morgan fingerprint density at radius 1 is 1.35 bits per heavy atom. The topological polar surface area (TPSA) is 55.1 Å². The summed E-state index contributed by atoms with van der Waals surface area (Å²) < 4.78 is 0. The Balaban J connectivity index is 2.51. The number of amides is 1. The Morgan fingerprint density at radius 2 is 1.94 bits per heavy atom. The van der Waals surface area contributed by atoms with Crippen LogP contribution in [-0.4, -0.2) is 23.7 Å². The summed E-state index contributed by atoms with van der Waals surface area (Å²) in [5.74, 6) is 0.370. The number of primary amides is 1. The molecule has 0 aliphatic heterocycles. The highest BCUT2D eigenvalue weighted by Gasteiger charge is 2.15. The van der Waals surface area contributed by atoms with Gasteiger partial charge < -0.3 is 11.1 Å². The SMILES string of the molecule is Cc1ccc(SCC(NC(C)C)C(N)=O)cc1. The molecule has 0 aliphatic carbocycles. The van der Waals surface area contributed by atoms with Crippen LogP contribution < -0.4 is 11.1 Å². The molecule has 1 atom stereocenters. The number of hydrogen-bond acceptors (Lipinski definition) is 3. The van der Waals surface area contributed by atoms with Gasteiger partial charge in [-0.15, -0.1) is 11.8 Å². The first-order valence-electron chi connectivity index (χ1n) is 5.74. The van der Waals surface area contributed by atoms with E-state index >= 15 is 0 Å². The fourth-order valence-electron chi connectivity index (χ4n) is 1.43. The number of nitrogens with one attached hydrogen (secondary N) is 1. The first kappa shape index (κ1) is 14.1. The lowest BCUT2D eigenvalue weighted by atomic mass is 10.2. The molecule has 0 heterocycles. The van der Waals surface area contributed by atoms with Gasteiger partial charge in [-0.3, -0.25) is 4.79 Å². The smallest absolute Gasteiger partial charge is 0.235 e. The Bertz CT molecular complexity index is 362. The van der Waals surface area contributed by atoms with Gasteiger partial charge in [0.25, 0.3) is 0 Å². The van der Waals surface area contributed by atoms with Gasteiger partial charge in [0.2, 0.25) is 5.91 Å². The predicted octanol–water partition coefficient (Wildman–Crippen LogP) is 1.94. The van der Waals surface area contributed by atoms with E-state index in [1.807, 2.05) is 13.8 Å². The van der Waals surface area contributed by atoms with Crippen LogP contribution in [0.25, 0.3) is 0 Å². The van der Waals surface area contributed by atoms with Crippen LogP contribution in [0.2, 0.25) is 0 Å². The summed E-state index contributed by atoms with van der Waals surface area (Å²) in [5.41, 5.74) is 6.60. The highest BCUT2D eigenvalue weighted by molar-refractivity contribution is 7.99. The van der Waals surface area contributed by atoms with Crippen molar-refractivity contribution in [1.29, 1.82) is 0 Å². The van der Waals surface area contributed by atoms with E-state index in [-0.39, 0.29) is 18.0 Å². The van der Waals surface area contributed by atoms with Crippen molar-refractivity contribution in [3.05, 3.63) is 29.8 Å². The predicted molar refractivity (Wildman–Crippen MR) is 73.2 cm³/mol. The van der Waals surface area contributed by atoms with E-state index in [2.05, 4.69) is 36.5 Å². The second kappa shape index (κ2) is 6.67. The van der Waals surface area contributed by atoms with Gasteiger partial charge in [-0.1, -0.05) is 31.5 Å². The molecule has 0 spiro atoms. The van der Waals surface area contributed by atoms with E-state index in [4.69, 9.17) is 5.73 Å².